The minimum absolute atomic E-state index is 0.256. The Morgan fingerprint density at radius 1 is 1.24 bits per heavy atom. The van der Waals surface area contributed by atoms with Crippen molar-refractivity contribution in [2.24, 2.45) is 5.92 Å². The van der Waals surface area contributed by atoms with Gasteiger partial charge in [0.15, 0.2) is 0 Å². The van der Waals surface area contributed by atoms with Gasteiger partial charge in [0.25, 0.3) is 0 Å². The molecule has 2 aromatic rings. The number of aromatic nitrogens is 2. The summed E-state index contributed by atoms with van der Waals surface area (Å²) in [6.07, 6.45) is 10.9. The summed E-state index contributed by atoms with van der Waals surface area (Å²) in [5.41, 5.74) is 3.70. The van der Waals surface area contributed by atoms with Crippen LogP contribution >= 0.6 is 0 Å². The van der Waals surface area contributed by atoms with Crippen molar-refractivity contribution in [1.82, 2.24) is 14.9 Å². The van der Waals surface area contributed by atoms with E-state index in [0.29, 0.717) is 18.8 Å². The van der Waals surface area contributed by atoms with Crippen molar-refractivity contribution in [3.63, 3.8) is 0 Å². The van der Waals surface area contributed by atoms with Crippen molar-refractivity contribution in [3.05, 3.63) is 59.7 Å². The zero-order chi connectivity index (χ0) is 17.5. The first-order valence-electron chi connectivity index (χ1n) is 9.29. The van der Waals surface area contributed by atoms with Crippen LogP contribution in [0, 0.1) is 12.8 Å². The second kappa shape index (κ2) is 8.75. The highest BCUT2D eigenvalue weighted by Crippen LogP contribution is 2.23. The van der Waals surface area contributed by atoms with Crippen molar-refractivity contribution in [3.8, 4) is 0 Å². The molecule has 1 aliphatic heterocycles. The molecule has 1 fully saturated rings. The average Bonchev–Trinajstić information content (AvgIpc) is 2.66. The maximum atomic E-state index is 12.5. The highest BCUT2D eigenvalue weighted by molar-refractivity contribution is 5.76. The van der Waals surface area contributed by atoms with Crippen molar-refractivity contribution in [1.29, 1.82) is 0 Å². The lowest BCUT2D eigenvalue weighted by Gasteiger charge is -2.33. The molecule has 1 aromatic carbocycles. The number of nitrogens with zero attached hydrogens (tertiary/aromatic N) is 3. The summed E-state index contributed by atoms with van der Waals surface area (Å²) >= 11 is 0. The van der Waals surface area contributed by atoms with Gasteiger partial charge in [-0.05, 0) is 56.1 Å². The van der Waals surface area contributed by atoms with Crippen LogP contribution in [0.5, 0.6) is 0 Å². The zero-order valence-corrected chi connectivity index (χ0v) is 15.0. The minimum Gasteiger partial charge on any atom is -0.342 e. The highest BCUT2D eigenvalue weighted by atomic mass is 16.2. The molecule has 1 unspecified atom stereocenters. The van der Waals surface area contributed by atoms with Gasteiger partial charge in [-0.15, -0.1) is 0 Å². The average molecular weight is 337 g/mol. The minimum atomic E-state index is 0.256. The molecule has 1 saturated heterocycles. The number of carbonyl (C=O) groups excluding carboxylic acids is 1. The number of hydrogen-bond acceptors (Lipinski definition) is 3. The van der Waals surface area contributed by atoms with Gasteiger partial charge in [-0.1, -0.05) is 24.3 Å². The van der Waals surface area contributed by atoms with Gasteiger partial charge in [-0.3, -0.25) is 14.8 Å². The Morgan fingerprint density at radius 3 is 2.92 bits per heavy atom. The molecule has 1 aromatic heterocycles. The van der Waals surface area contributed by atoms with Crippen molar-refractivity contribution in [2.75, 3.05) is 13.1 Å². The third kappa shape index (κ3) is 5.12. The fraction of sp³-hybridized carbons (Fsp3) is 0.476. The summed E-state index contributed by atoms with van der Waals surface area (Å²) in [5, 5.41) is 0. The molecule has 2 heterocycles. The number of rotatable bonds is 6. The van der Waals surface area contributed by atoms with E-state index in [9.17, 15) is 4.79 Å². The Hall–Kier alpha value is -2.23. The largest absolute Gasteiger partial charge is 0.342 e. The summed E-state index contributed by atoms with van der Waals surface area (Å²) in [6.45, 7) is 3.99. The van der Waals surface area contributed by atoms with E-state index in [1.165, 1.54) is 24.0 Å². The Morgan fingerprint density at radius 2 is 2.12 bits per heavy atom. The summed E-state index contributed by atoms with van der Waals surface area (Å²) < 4.78 is 0. The third-order valence-corrected chi connectivity index (χ3v) is 5.17. The number of hydrogen-bond donors (Lipinski definition) is 0. The molecule has 0 radical (unpaired) electrons. The quantitative estimate of drug-likeness (QED) is 0.809. The smallest absolute Gasteiger partial charge is 0.222 e. The van der Waals surface area contributed by atoms with E-state index in [0.717, 1.165) is 31.6 Å². The van der Waals surface area contributed by atoms with Crippen LogP contribution in [0.3, 0.4) is 0 Å². The number of piperidine rings is 1. The lowest BCUT2D eigenvalue weighted by Crippen LogP contribution is -2.40. The lowest BCUT2D eigenvalue weighted by molar-refractivity contribution is -0.133. The van der Waals surface area contributed by atoms with E-state index in [1.54, 1.807) is 18.6 Å². The number of carbonyl (C=O) groups is 1. The van der Waals surface area contributed by atoms with E-state index in [-0.39, 0.29) is 5.91 Å². The van der Waals surface area contributed by atoms with Crippen molar-refractivity contribution < 1.29 is 4.79 Å². The highest BCUT2D eigenvalue weighted by Gasteiger charge is 2.23. The molecule has 25 heavy (non-hydrogen) atoms. The predicted octanol–water partition coefficient (Wildman–Crippen LogP) is 3.59. The predicted molar refractivity (Wildman–Crippen MR) is 99.2 cm³/mol. The first-order chi connectivity index (χ1) is 12.2. The standard InChI is InChI=1S/C21H27N3O/c1-17-5-2-3-7-19(17)9-8-18-6-4-14-24(16-18)21(25)11-10-20-15-22-12-13-23-20/h2-3,5,7,12-13,15,18H,4,6,8-11,14,16H2,1H3. The fourth-order valence-corrected chi connectivity index (χ4v) is 3.63. The van der Waals surface area contributed by atoms with Crippen LogP contribution in [0.2, 0.25) is 0 Å². The summed E-state index contributed by atoms with van der Waals surface area (Å²) in [6, 6.07) is 8.61. The normalized spacial score (nSPS) is 17.5. The van der Waals surface area contributed by atoms with Crippen LogP contribution in [0.4, 0.5) is 0 Å². The molecule has 4 nitrogen and oxygen atoms in total. The molecular weight excluding hydrogens is 310 g/mol. The number of likely N-dealkylation sites (tertiary alicyclic amines) is 1. The van der Waals surface area contributed by atoms with Crippen LogP contribution in [0.25, 0.3) is 0 Å². The van der Waals surface area contributed by atoms with Gasteiger partial charge in [0.2, 0.25) is 5.91 Å². The lowest BCUT2D eigenvalue weighted by atomic mass is 9.90. The molecule has 1 amide bonds. The molecule has 3 rings (SSSR count). The van der Waals surface area contributed by atoms with Crippen LogP contribution in [-0.2, 0) is 17.6 Å². The molecule has 4 heteroatoms. The summed E-state index contributed by atoms with van der Waals surface area (Å²) in [4.78, 5) is 22.9. The monoisotopic (exact) mass is 337 g/mol. The van der Waals surface area contributed by atoms with Gasteiger partial charge in [0.1, 0.15) is 0 Å². The molecular formula is C21H27N3O. The maximum absolute atomic E-state index is 12.5. The van der Waals surface area contributed by atoms with Gasteiger partial charge in [-0.25, -0.2) is 0 Å². The molecule has 0 bridgehead atoms. The van der Waals surface area contributed by atoms with Crippen LogP contribution < -0.4 is 0 Å². The van der Waals surface area contributed by atoms with E-state index in [4.69, 9.17) is 0 Å². The molecule has 0 aliphatic carbocycles. The van der Waals surface area contributed by atoms with Crippen LogP contribution in [-0.4, -0.2) is 33.9 Å². The number of amides is 1. The Kier molecular flexibility index (Phi) is 6.15. The van der Waals surface area contributed by atoms with Gasteiger partial charge in [0.05, 0.1) is 5.69 Å². The molecule has 0 spiro atoms. The number of aryl methyl sites for hydroxylation is 3. The molecule has 1 atom stereocenters. The first-order valence-corrected chi connectivity index (χ1v) is 9.29. The van der Waals surface area contributed by atoms with Crippen LogP contribution in [0.15, 0.2) is 42.9 Å². The molecule has 0 saturated carbocycles. The summed E-state index contributed by atoms with van der Waals surface area (Å²) in [5.74, 6) is 0.875. The SMILES string of the molecule is Cc1ccccc1CCC1CCCN(C(=O)CCc2cnccn2)C1. The van der Waals surface area contributed by atoms with Gasteiger partial charge >= 0.3 is 0 Å². The Labute approximate surface area is 150 Å². The van der Waals surface area contributed by atoms with E-state index >= 15 is 0 Å². The molecule has 132 valence electrons. The summed E-state index contributed by atoms with van der Waals surface area (Å²) in [7, 11) is 0. The second-order valence-electron chi connectivity index (χ2n) is 7.01. The second-order valence-corrected chi connectivity index (χ2v) is 7.01. The maximum Gasteiger partial charge on any atom is 0.222 e. The molecule has 1 aliphatic rings. The van der Waals surface area contributed by atoms with E-state index in [2.05, 4.69) is 46.1 Å². The zero-order valence-electron chi connectivity index (χ0n) is 15.0. The van der Waals surface area contributed by atoms with Gasteiger partial charge in [-0.2, -0.15) is 0 Å². The fourth-order valence-electron chi connectivity index (χ4n) is 3.63. The first kappa shape index (κ1) is 17.6. The topological polar surface area (TPSA) is 46.1 Å². The third-order valence-electron chi connectivity index (χ3n) is 5.17. The Bertz CT molecular complexity index is 687. The van der Waals surface area contributed by atoms with Crippen LogP contribution in [0.1, 0.15) is 42.5 Å². The van der Waals surface area contributed by atoms with Crippen molar-refractivity contribution in [2.45, 2.75) is 45.4 Å². The van der Waals surface area contributed by atoms with E-state index < -0.39 is 0 Å². The van der Waals surface area contributed by atoms with E-state index in [1.807, 2.05) is 0 Å². The van der Waals surface area contributed by atoms with Gasteiger partial charge < -0.3 is 4.90 Å². The van der Waals surface area contributed by atoms with Crippen molar-refractivity contribution >= 4 is 5.91 Å². The van der Waals surface area contributed by atoms with Gasteiger partial charge in [0, 0.05) is 38.1 Å². The molecule has 0 N–H and O–H groups in total. The Balaban J connectivity index is 1.47. The number of benzene rings is 1.